The van der Waals surface area contributed by atoms with Crippen LogP contribution in [0.3, 0.4) is 0 Å². The van der Waals surface area contributed by atoms with Gasteiger partial charge >= 0.3 is 5.97 Å². The molecule has 31 heavy (non-hydrogen) atoms. The molecule has 0 aliphatic heterocycles. The maximum absolute atomic E-state index is 12.0. The maximum atomic E-state index is 12.0. The number of benzene rings is 1. The van der Waals surface area contributed by atoms with Gasteiger partial charge in [-0.3, -0.25) is 0 Å². The van der Waals surface area contributed by atoms with Crippen LogP contribution in [0.25, 0.3) is 0 Å². The number of allylic oxidation sites excluding steroid dienone is 1. The summed E-state index contributed by atoms with van der Waals surface area (Å²) in [4.78, 5) is 12.0. The molecule has 3 aliphatic rings. The summed E-state index contributed by atoms with van der Waals surface area (Å²) >= 11 is 0. The van der Waals surface area contributed by atoms with E-state index in [1.165, 1.54) is 31.2 Å². The Morgan fingerprint density at radius 1 is 1.13 bits per heavy atom. The summed E-state index contributed by atoms with van der Waals surface area (Å²) < 4.78 is 11.8. The van der Waals surface area contributed by atoms with Gasteiger partial charge in [0.2, 0.25) is 0 Å². The van der Waals surface area contributed by atoms with E-state index in [1.54, 1.807) is 14.2 Å². The lowest BCUT2D eigenvalue weighted by Gasteiger charge is -2.58. The molecule has 2 bridgehead atoms. The summed E-state index contributed by atoms with van der Waals surface area (Å²) in [7, 11) is 3.41. The molecule has 0 spiro atoms. The molecule has 4 heteroatoms. The average molecular weight is 429 g/mol. The van der Waals surface area contributed by atoms with Crippen LogP contribution in [-0.4, -0.2) is 25.3 Å². The Labute approximate surface area is 188 Å². The highest BCUT2D eigenvalue weighted by Gasteiger charge is 2.57. The van der Waals surface area contributed by atoms with Crippen LogP contribution in [0.5, 0.6) is 11.5 Å². The minimum absolute atomic E-state index is 0.0160. The van der Waals surface area contributed by atoms with Crippen LogP contribution < -0.4 is 9.47 Å². The number of hydrogen-bond acceptors (Lipinski definition) is 3. The Bertz CT molecular complexity index is 824. The summed E-state index contributed by atoms with van der Waals surface area (Å²) in [6.45, 7) is 11.2. The van der Waals surface area contributed by atoms with Crippen molar-refractivity contribution in [1.29, 1.82) is 0 Å². The van der Waals surface area contributed by atoms with Gasteiger partial charge in [0.05, 0.1) is 14.2 Å². The first kappa shape index (κ1) is 23.7. The zero-order chi connectivity index (χ0) is 23.0. The highest BCUT2D eigenvalue weighted by Crippen LogP contribution is 2.65. The molecule has 1 saturated carbocycles. The zero-order valence-electron chi connectivity index (χ0n) is 20.4. The summed E-state index contributed by atoms with van der Waals surface area (Å²) in [5.41, 5.74) is 2.72. The van der Waals surface area contributed by atoms with Gasteiger partial charge in [0.1, 0.15) is 11.5 Å². The molecule has 0 saturated heterocycles. The molecule has 1 aromatic carbocycles. The molecule has 4 nitrogen and oxygen atoms in total. The van der Waals surface area contributed by atoms with Crippen LogP contribution >= 0.6 is 0 Å². The fourth-order valence-electron chi connectivity index (χ4n) is 5.82. The highest BCUT2D eigenvalue weighted by atomic mass is 16.5. The Morgan fingerprint density at radius 3 is 2.23 bits per heavy atom. The monoisotopic (exact) mass is 428 g/mol. The molecule has 3 aliphatic carbocycles. The fraction of sp³-hybridized carbons (Fsp3) is 0.667. The standard InChI is InChI=1S/C27H40O4/c1-8-9-10-11-12-26(2,3)17-13-22(30-6)24(23(14-17)31-7)18-15-19(25(28)29)21-16-20(18)27(21,4)5/h13-15,18,20-21H,8-12,16H2,1-7H3,(H,28,29). The third-order valence-electron chi connectivity index (χ3n) is 8.07. The lowest BCUT2D eigenvalue weighted by Crippen LogP contribution is -2.52. The van der Waals surface area contributed by atoms with Gasteiger partial charge in [-0.05, 0) is 53.2 Å². The molecule has 0 amide bonds. The smallest absolute Gasteiger partial charge is 0.331 e. The number of rotatable bonds is 10. The van der Waals surface area contributed by atoms with Gasteiger partial charge < -0.3 is 14.6 Å². The second-order valence-electron chi connectivity index (χ2n) is 10.7. The predicted molar refractivity (Wildman–Crippen MR) is 125 cm³/mol. The van der Waals surface area contributed by atoms with Crippen LogP contribution in [0.2, 0.25) is 0 Å². The molecule has 1 fully saturated rings. The zero-order valence-corrected chi connectivity index (χ0v) is 20.4. The predicted octanol–water partition coefficient (Wildman–Crippen LogP) is 6.72. The van der Waals surface area contributed by atoms with Crippen LogP contribution in [0.1, 0.15) is 90.2 Å². The van der Waals surface area contributed by atoms with Crippen molar-refractivity contribution in [2.24, 2.45) is 17.3 Å². The average Bonchev–Trinajstić information content (AvgIpc) is 2.74. The fourth-order valence-corrected chi connectivity index (χ4v) is 5.82. The SMILES string of the molecule is CCCCCCC(C)(C)c1cc(OC)c(C2C=C(C(=O)O)C3CC2C3(C)C)c(OC)c1. The summed E-state index contributed by atoms with van der Waals surface area (Å²) in [6, 6.07) is 4.31. The van der Waals surface area contributed by atoms with Crippen molar-refractivity contribution >= 4 is 5.97 Å². The molecular formula is C27H40O4. The summed E-state index contributed by atoms with van der Waals surface area (Å²) in [5.74, 6) is 1.31. The third kappa shape index (κ3) is 4.23. The summed E-state index contributed by atoms with van der Waals surface area (Å²) in [5, 5.41) is 9.82. The van der Waals surface area contributed by atoms with Crippen molar-refractivity contribution in [3.8, 4) is 11.5 Å². The topological polar surface area (TPSA) is 55.8 Å². The summed E-state index contributed by atoms with van der Waals surface area (Å²) in [6.07, 6.45) is 8.97. The van der Waals surface area contributed by atoms with Crippen molar-refractivity contribution in [3.63, 3.8) is 0 Å². The van der Waals surface area contributed by atoms with E-state index in [0.29, 0.717) is 11.5 Å². The molecule has 0 heterocycles. The van der Waals surface area contributed by atoms with Gasteiger partial charge in [-0.1, -0.05) is 66.4 Å². The number of methoxy groups -OCH3 is 2. The first-order valence-corrected chi connectivity index (χ1v) is 11.8. The van der Waals surface area contributed by atoms with E-state index in [-0.39, 0.29) is 22.7 Å². The Hall–Kier alpha value is -1.97. The number of ether oxygens (including phenoxy) is 2. The van der Waals surface area contributed by atoms with Crippen molar-refractivity contribution in [2.45, 2.75) is 84.5 Å². The number of fused-ring (bicyclic) bond motifs is 1. The van der Waals surface area contributed by atoms with Crippen LogP contribution in [0.4, 0.5) is 0 Å². The van der Waals surface area contributed by atoms with E-state index < -0.39 is 5.97 Å². The Balaban J connectivity index is 2.02. The second kappa shape index (κ2) is 8.88. The van der Waals surface area contributed by atoms with Gasteiger partial charge in [-0.25, -0.2) is 4.79 Å². The van der Waals surface area contributed by atoms with E-state index in [1.807, 2.05) is 6.08 Å². The van der Waals surface area contributed by atoms with E-state index >= 15 is 0 Å². The van der Waals surface area contributed by atoms with E-state index in [4.69, 9.17) is 9.47 Å². The van der Waals surface area contributed by atoms with Crippen LogP contribution in [-0.2, 0) is 10.2 Å². The lowest BCUT2D eigenvalue weighted by atomic mass is 9.45. The number of carboxylic acids is 1. The number of unbranched alkanes of at least 4 members (excludes halogenated alkanes) is 3. The molecule has 3 unspecified atom stereocenters. The number of hydrogen-bond donors (Lipinski definition) is 1. The van der Waals surface area contributed by atoms with Gasteiger partial charge in [-0.2, -0.15) is 0 Å². The first-order chi connectivity index (χ1) is 14.6. The maximum Gasteiger partial charge on any atom is 0.331 e. The van der Waals surface area contributed by atoms with Crippen molar-refractivity contribution < 1.29 is 19.4 Å². The molecule has 0 radical (unpaired) electrons. The molecule has 1 aromatic rings. The van der Waals surface area contributed by atoms with Crippen LogP contribution in [0, 0.1) is 17.3 Å². The molecule has 0 aromatic heterocycles. The molecule has 4 rings (SSSR count). The van der Waals surface area contributed by atoms with E-state index in [0.717, 1.165) is 29.9 Å². The van der Waals surface area contributed by atoms with Gasteiger partial charge in [0.25, 0.3) is 0 Å². The second-order valence-corrected chi connectivity index (χ2v) is 10.7. The molecule has 3 atom stereocenters. The largest absolute Gasteiger partial charge is 0.496 e. The minimum Gasteiger partial charge on any atom is -0.496 e. The van der Waals surface area contributed by atoms with Crippen LogP contribution in [0.15, 0.2) is 23.8 Å². The first-order valence-electron chi connectivity index (χ1n) is 11.8. The number of carboxylic acid groups (broad SMARTS) is 1. The number of aliphatic carboxylic acids is 1. The lowest BCUT2D eigenvalue weighted by molar-refractivity contribution is -0.137. The molecule has 1 N–H and O–H groups in total. The van der Waals surface area contributed by atoms with Gasteiger partial charge in [0.15, 0.2) is 0 Å². The third-order valence-corrected chi connectivity index (χ3v) is 8.07. The quantitative estimate of drug-likeness (QED) is 0.420. The highest BCUT2D eigenvalue weighted by molar-refractivity contribution is 5.88. The van der Waals surface area contributed by atoms with Crippen molar-refractivity contribution in [2.75, 3.05) is 14.2 Å². The van der Waals surface area contributed by atoms with Crippen molar-refractivity contribution in [3.05, 3.63) is 34.9 Å². The molecular weight excluding hydrogens is 388 g/mol. The number of carbonyl (C=O) groups is 1. The Kier molecular flexibility index (Phi) is 6.78. The Morgan fingerprint density at radius 2 is 1.74 bits per heavy atom. The van der Waals surface area contributed by atoms with Crippen molar-refractivity contribution in [1.82, 2.24) is 0 Å². The van der Waals surface area contributed by atoms with E-state index in [2.05, 4.69) is 46.8 Å². The van der Waals surface area contributed by atoms with Gasteiger partial charge in [-0.15, -0.1) is 0 Å². The normalized spacial score (nSPS) is 24.2. The van der Waals surface area contributed by atoms with E-state index in [9.17, 15) is 9.90 Å². The minimum atomic E-state index is -0.802. The van der Waals surface area contributed by atoms with Gasteiger partial charge in [0, 0.05) is 17.1 Å². The molecule has 172 valence electrons.